The van der Waals surface area contributed by atoms with Crippen LogP contribution in [0.4, 0.5) is 0 Å². The number of hydrogen-bond donors (Lipinski definition) is 1. The van der Waals surface area contributed by atoms with Gasteiger partial charge in [0.1, 0.15) is 11.6 Å². The van der Waals surface area contributed by atoms with Crippen molar-refractivity contribution in [2.45, 2.75) is 139 Å². The van der Waals surface area contributed by atoms with Crippen molar-refractivity contribution < 1.29 is 38.5 Å². The number of para-hydroxylation sites is 1. The zero-order valence-electron chi connectivity index (χ0n) is 51.9. The number of phenolic OH excluding ortho intramolecular Hbond substituents is 1. The summed E-state index contributed by atoms with van der Waals surface area (Å²) < 4.78 is 83.6. The van der Waals surface area contributed by atoms with E-state index in [1.54, 1.807) is 26.8 Å². The van der Waals surface area contributed by atoms with E-state index in [9.17, 15) is 10.6 Å². The minimum atomic E-state index is -2.67. The van der Waals surface area contributed by atoms with E-state index in [0.29, 0.717) is 50.4 Å². The first kappa shape index (κ1) is 40.2. The molecule has 0 spiro atoms. The number of nitrogens with zero attached hydrogens (tertiary/aromatic N) is 3. The van der Waals surface area contributed by atoms with Gasteiger partial charge in [0.2, 0.25) is 0 Å². The zero-order chi connectivity index (χ0) is 57.1. The predicted octanol–water partition coefficient (Wildman–Crippen LogP) is 17.3. The van der Waals surface area contributed by atoms with Crippen LogP contribution < -0.4 is 0 Å². The summed E-state index contributed by atoms with van der Waals surface area (Å²) in [7, 11) is 0. The van der Waals surface area contributed by atoms with Crippen molar-refractivity contribution in [3.05, 3.63) is 167 Å². The summed E-state index contributed by atoms with van der Waals surface area (Å²) in [6.07, 6.45) is -0.612. The topological polar surface area (TPSA) is 50.9 Å². The molecule has 6 aromatic carbocycles. The van der Waals surface area contributed by atoms with Gasteiger partial charge in [-0.1, -0.05) is 200 Å². The average molecular weight is 1100 g/mol. The van der Waals surface area contributed by atoms with Gasteiger partial charge in [-0.25, -0.2) is 4.98 Å². The number of imidazole rings is 1. The van der Waals surface area contributed by atoms with Crippen LogP contribution in [0.3, 0.4) is 0 Å². The molecule has 8 rings (SSSR count). The summed E-state index contributed by atoms with van der Waals surface area (Å²) in [5.41, 5.74) is 6.56. The van der Waals surface area contributed by atoms with Gasteiger partial charge in [-0.15, -0.1) is 29.3 Å². The molecule has 0 aliphatic rings. The summed E-state index contributed by atoms with van der Waals surface area (Å²) in [4.78, 5) is 10.3. The second-order valence-corrected chi connectivity index (χ2v) is 23.4. The van der Waals surface area contributed by atoms with Crippen LogP contribution in [0.2, 0.25) is 0 Å². The van der Waals surface area contributed by atoms with E-state index in [0.717, 1.165) is 27.9 Å². The number of aromatic hydroxyl groups is 1. The van der Waals surface area contributed by atoms with Crippen molar-refractivity contribution in [3.8, 4) is 67.5 Å². The molecule has 2 aromatic heterocycles. The minimum absolute atomic E-state index is 0. The predicted molar refractivity (Wildman–Crippen MR) is 289 cm³/mol. The Morgan fingerprint density at radius 2 is 1.28 bits per heavy atom. The van der Waals surface area contributed by atoms with Crippen molar-refractivity contribution >= 4 is 11.0 Å². The average Bonchev–Trinajstić information content (AvgIpc) is 3.67. The normalized spacial score (nSPS) is 14.9. The maximum absolute atomic E-state index is 12.7. The maximum Gasteiger partial charge on any atom is 0.148 e. The molecular weight excluding hydrogens is 1020 g/mol. The number of aryl methyl sites for hydroxylation is 1. The van der Waals surface area contributed by atoms with Gasteiger partial charge >= 0.3 is 0 Å². The van der Waals surface area contributed by atoms with E-state index in [1.165, 1.54) is 18.3 Å². The summed E-state index contributed by atoms with van der Waals surface area (Å²) >= 11 is 0. The van der Waals surface area contributed by atoms with Crippen molar-refractivity contribution in [1.82, 2.24) is 14.5 Å². The largest absolute Gasteiger partial charge is 0.507 e. The molecule has 0 fully saturated rings. The first-order valence-electron chi connectivity index (χ1n) is 28.1. The molecule has 0 atom stereocenters. The van der Waals surface area contributed by atoms with E-state index in [-0.39, 0.29) is 84.2 Å². The Bertz CT molecular complexity index is 3560. The van der Waals surface area contributed by atoms with Crippen LogP contribution in [0.25, 0.3) is 72.7 Å². The number of pyridine rings is 1. The van der Waals surface area contributed by atoms with Gasteiger partial charge in [-0.2, -0.15) is 0 Å². The third kappa shape index (κ3) is 10.8. The van der Waals surface area contributed by atoms with E-state index >= 15 is 0 Å². The third-order valence-corrected chi connectivity index (χ3v) is 12.3. The van der Waals surface area contributed by atoms with Crippen LogP contribution in [-0.2, 0) is 49.1 Å². The summed E-state index contributed by atoms with van der Waals surface area (Å²) in [6.45, 7) is 27.3. The van der Waals surface area contributed by atoms with Gasteiger partial charge in [-0.05, 0) is 103 Å². The van der Waals surface area contributed by atoms with E-state index < -0.39 is 34.9 Å². The fourth-order valence-corrected chi connectivity index (χ4v) is 8.52. The van der Waals surface area contributed by atoms with Crippen LogP contribution in [0.1, 0.15) is 150 Å². The zero-order valence-corrected chi connectivity index (χ0v) is 45.2. The quantitative estimate of drug-likeness (QED) is 0.162. The Hall–Kier alpha value is -5.57. The molecular formula is C64H72N3OPt-. The molecule has 0 radical (unpaired) electrons. The molecule has 5 heteroatoms. The fraction of sp³-hybridized carbons (Fsp3) is 0.344. The summed E-state index contributed by atoms with van der Waals surface area (Å²) in [5.74, 6) is 0.149. The molecule has 2 heterocycles. The molecule has 0 saturated heterocycles. The molecule has 8 aromatic rings. The van der Waals surface area contributed by atoms with Crippen LogP contribution in [0, 0.1) is 18.3 Å². The number of aromatic nitrogens is 3. The Kier molecular flexibility index (Phi) is 10.9. The Balaban J connectivity index is 0.00000882. The van der Waals surface area contributed by atoms with Gasteiger partial charge in [0, 0.05) is 50.9 Å². The van der Waals surface area contributed by atoms with E-state index in [1.807, 2.05) is 88.6 Å². The van der Waals surface area contributed by atoms with E-state index in [2.05, 4.69) is 84.0 Å². The maximum atomic E-state index is 12.7. The minimum Gasteiger partial charge on any atom is -0.507 e. The second-order valence-electron chi connectivity index (χ2n) is 23.4. The first-order valence-corrected chi connectivity index (χ1v) is 23.6. The monoisotopic (exact) mass is 1100 g/mol. The summed E-state index contributed by atoms with van der Waals surface area (Å²) in [5, 5.41) is 12.7. The molecule has 0 amide bonds. The van der Waals surface area contributed by atoms with E-state index in [4.69, 9.17) is 16.8 Å². The molecule has 4 nitrogen and oxygen atoms in total. The van der Waals surface area contributed by atoms with Crippen LogP contribution in [-0.4, -0.2) is 19.6 Å². The molecule has 0 unspecified atom stereocenters. The van der Waals surface area contributed by atoms with Crippen LogP contribution in [0.5, 0.6) is 5.75 Å². The molecule has 0 bridgehead atoms. The first-order chi connectivity index (χ1) is 35.3. The summed E-state index contributed by atoms with van der Waals surface area (Å²) in [6, 6.07) is 34.3. The Labute approximate surface area is 440 Å². The number of rotatable bonds is 7. The Morgan fingerprint density at radius 3 is 1.88 bits per heavy atom. The van der Waals surface area contributed by atoms with Gasteiger partial charge in [0.15, 0.2) is 0 Å². The second kappa shape index (κ2) is 18.6. The SMILES string of the molecule is [2H]c1cc(C([2H])([2H])C(C)(C)C)cc([2H])c1-c1cc(-c2[c-]c(-c3cccc4c3nc(-c3c([2H])c(C(C)(C)C)c([2H])c(C(C)(C)C)c3O)n4-c3ccc(C(C)(C)C)cc3-c3ccccc3)cc(C(C)(C)C)c2)ncc1C([2H])([2H])[2H].[Pt]. The molecule has 360 valence electrons. The standard InChI is InChI=1S/C64H72N3O.Pt/c1-40-39-65-54(37-50(40)43-27-25-41(26-28-43)38-60(2,3)4)45-31-44(32-47(33-45)62(8,9)10)49-23-20-24-56-57(49)66-59(52-35-48(63(11,12)13)36-53(58(52)68)64(14,15)16)67(56)55-30-29-46(61(5,6)7)34-51(55)42-21-18-17-19-22-42;/h17-30,32-37,39,68H,38H2,1-16H3;/q-1;/i1D3,27D,28D,35D,36D,38D2;. The van der Waals surface area contributed by atoms with Crippen molar-refractivity contribution in [2.75, 3.05) is 0 Å². The number of fused-ring (bicyclic) bond motifs is 1. The van der Waals surface area contributed by atoms with Crippen molar-refractivity contribution in [2.24, 2.45) is 5.41 Å². The Morgan fingerprint density at radius 1 is 0.623 bits per heavy atom. The van der Waals surface area contributed by atoms with Gasteiger partial charge in [0.25, 0.3) is 0 Å². The molecule has 1 N–H and O–H groups in total. The van der Waals surface area contributed by atoms with Crippen LogP contribution in [0.15, 0.2) is 127 Å². The smallest absolute Gasteiger partial charge is 0.148 e. The van der Waals surface area contributed by atoms with Crippen LogP contribution >= 0.6 is 0 Å². The van der Waals surface area contributed by atoms with Gasteiger partial charge in [-0.3, -0.25) is 9.55 Å². The fourth-order valence-electron chi connectivity index (χ4n) is 8.52. The number of hydrogen-bond acceptors (Lipinski definition) is 3. The number of phenols is 1. The molecule has 0 saturated carbocycles. The number of benzene rings is 6. The third-order valence-electron chi connectivity index (χ3n) is 12.3. The van der Waals surface area contributed by atoms with Gasteiger partial charge < -0.3 is 5.11 Å². The van der Waals surface area contributed by atoms with Gasteiger partial charge in [0.05, 0.1) is 27.8 Å². The molecule has 69 heavy (non-hydrogen) atoms. The van der Waals surface area contributed by atoms with Crippen molar-refractivity contribution in [3.63, 3.8) is 0 Å². The molecule has 0 aliphatic carbocycles. The molecule has 0 aliphatic heterocycles. The van der Waals surface area contributed by atoms with Crippen molar-refractivity contribution in [1.29, 1.82) is 0 Å².